The molecule has 0 aliphatic carbocycles. The Balaban J connectivity index is 1.04. The molecule has 1 aromatic heterocycles. The van der Waals surface area contributed by atoms with E-state index in [2.05, 4.69) is 271 Å². The third-order valence-corrected chi connectivity index (χ3v) is 18.2. The van der Waals surface area contributed by atoms with Gasteiger partial charge in [0.2, 0.25) is 0 Å². The Bertz CT molecular complexity index is 3550. The van der Waals surface area contributed by atoms with Gasteiger partial charge in [-0.05, 0) is 99.9 Å². The van der Waals surface area contributed by atoms with E-state index in [1.165, 1.54) is 70.1 Å². The van der Waals surface area contributed by atoms with Gasteiger partial charge in [0, 0.05) is 11.3 Å². The van der Waals surface area contributed by atoms with Crippen LogP contribution in [0.25, 0.3) is 83.0 Å². The van der Waals surface area contributed by atoms with Gasteiger partial charge in [0.1, 0.15) is 5.82 Å². The lowest BCUT2D eigenvalue weighted by molar-refractivity contribution is 1.10. The largest absolute Gasteiger partial charge is 0.292 e. The van der Waals surface area contributed by atoms with Crippen LogP contribution in [-0.2, 0) is 0 Å². The van der Waals surface area contributed by atoms with Gasteiger partial charge in [-0.15, -0.1) is 0 Å². The predicted molar refractivity (Wildman–Crippen MR) is 281 cm³/mol. The number of imidazole rings is 1. The van der Waals surface area contributed by atoms with E-state index in [4.69, 9.17) is 4.98 Å². The molecule has 2 nitrogen and oxygen atoms in total. The highest BCUT2D eigenvalue weighted by molar-refractivity contribution is 7.19. The summed E-state index contributed by atoms with van der Waals surface area (Å²) in [5.41, 5.74) is 11.5. The molecule has 0 saturated carbocycles. The Morgan fingerprint density at radius 1 is 0.288 bits per heavy atom. The van der Waals surface area contributed by atoms with E-state index in [-0.39, 0.29) is 0 Å². The monoisotopic (exact) mass is 856 g/mol. The van der Waals surface area contributed by atoms with Crippen molar-refractivity contribution in [2.75, 3.05) is 0 Å². The van der Waals surface area contributed by atoms with Crippen molar-refractivity contribution < 1.29 is 0 Å². The van der Waals surface area contributed by atoms with Crippen molar-refractivity contribution in [2.24, 2.45) is 0 Å². The molecular formula is C63H44N2Si. The van der Waals surface area contributed by atoms with E-state index in [9.17, 15) is 0 Å². The first kappa shape index (κ1) is 39.2. The molecule has 0 fully saturated rings. The normalized spacial score (nSPS) is 11.6. The van der Waals surface area contributed by atoms with Crippen LogP contribution in [-0.4, -0.2) is 17.6 Å². The van der Waals surface area contributed by atoms with Crippen LogP contribution in [0.3, 0.4) is 0 Å². The lowest BCUT2D eigenvalue weighted by Gasteiger charge is -2.34. The van der Waals surface area contributed by atoms with Gasteiger partial charge in [-0.2, -0.15) is 0 Å². The van der Waals surface area contributed by atoms with Gasteiger partial charge in [0.05, 0.1) is 11.0 Å². The van der Waals surface area contributed by atoms with Crippen molar-refractivity contribution in [1.29, 1.82) is 0 Å². The Morgan fingerprint density at radius 3 is 1.15 bits per heavy atom. The number of para-hydroxylation sites is 1. The summed E-state index contributed by atoms with van der Waals surface area (Å²) in [6.45, 7) is 0. The second-order valence-electron chi connectivity index (χ2n) is 17.0. The van der Waals surface area contributed by atoms with Gasteiger partial charge in [0.25, 0.3) is 0 Å². The molecule has 0 N–H and O–H groups in total. The first-order valence-electron chi connectivity index (χ1n) is 22.7. The van der Waals surface area contributed by atoms with Crippen molar-refractivity contribution in [3.8, 4) is 50.5 Å². The molecule has 0 atom stereocenters. The molecule has 3 heteroatoms. The SMILES string of the molecule is c1ccc(-c2ccc([Si](c3ccccc3)(c3ccccc3)c3ccc(-c4c5ccccc5c(-c5ccc6nc(-c7ccccc7)n(-c7ccccc7)c6c5)c5ccccc45)cc3)cc2)cc1. The van der Waals surface area contributed by atoms with Crippen LogP contribution in [0.15, 0.2) is 267 Å². The molecule has 11 aromatic carbocycles. The molecule has 0 spiro atoms. The molecule has 0 aliphatic heterocycles. The Labute approximate surface area is 386 Å². The number of hydrogen-bond donors (Lipinski definition) is 0. The smallest absolute Gasteiger partial charge is 0.179 e. The van der Waals surface area contributed by atoms with E-state index < -0.39 is 8.07 Å². The lowest BCUT2D eigenvalue weighted by Crippen LogP contribution is -2.74. The topological polar surface area (TPSA) is 17.8 Å². The number of fused-ring (bicyclic) bond motifs is 3. The maximum absolute atomic E-state index is 5.24. The molecule has 12 rings (SSSR count). The average Bonchev–Trinajstić information content (AvgIpc) is 3.79. The first-order valence-corrected chi connectivity index (χ1v) is 24.7. The summed E-state index contributed by atoms with van der Waals surface area (Å²) in [7, 11) is -2.79. The van der Waals surface area contributed by atoms with E-state index in [0.29, 0.717) is 0 Å². The van der Waals surface area contributed by atoms with E-state index in [0.717, 1.165) is 33.7 Å². The zero-order valence-electron chi connectivity index (χ0n) is 36.3. The molecular weight excluding hydrogens is 813 g/mol. The number of nitrogens with zero attached hydrogens (tertiary/aromatic N) is 2. The zero-order valence-corrected chi connectivity index (χ0v) is 37.3. The summed E-state index contributed by atoms with van der Waals surface area (Å²) in [4.78, 5) is 5.24. The third kappa shape index (κ3) is 6.60. The molecule has 0 saturated heterocycles. The van der Waals surface area contributed by atoms with Gasteiger partial charge in [-0.25, -0.2) is 4.98 Å². The van der Waals surface area contributed by atoms with Gasteiger partial charge in [-0.3, -0.25) is 4.57 Å². The third-order valence-electron chi connectivity index (χ3n) is 13.4. The molecule has 1 heterocycles. The van der Waals surface area contributed by atoms with E-state index in [1.807, 2.05) is 0 Å². The maximum atomic E-state index is 5.24. The minimum Gasteiger partial charge on any atom is -0.292 e. The molecule has 0 bridgehead atoms. The van der Waals surface area contributed by atoms with Crippen LogP contribution in [0.2, 0.25) is 0 Å². The molecule has 0 amide bonds. The van der Waals surface area contributed by atoms with Gasteiger partial charge >= 0.3 is 0 Å². The molecule has 66 heavy (non-hydrogen) atoms. The summed E-state index contributed by atoms with van der Waals surface area (Å²) >= 11 is 0. The quantitative estimate of drug-likeness (QED) is 0.0803. The van der Waals surface area contributed by atoms with E-state index >= 15 is 0 Å². The van der Waals surface area contributed by atoms with E-state index in [1.54, 1.807) is 0 Å². The van der Waals surface area contributed by atoms with Crippen molar-refractivity contribution in [3.05, 3.63) is 267 Å². The Hall–Kier alpha value is -8.37. The number of hydrogen-bond acceptors (Lipinski definition) is 1. The number of aromatic nitrogens is 2. The number of rotatable bonds is 9. The molecule has 310 valence electrons. The summed E-state index contributed by atoms with van der Waals surface area (Å²) in [5, 5.41) is 10.3. The summed E-state index contributed by atoms with van der Waals surface area (Å²) in [6, 6.07) is 97.9. The van der Waals surface area contributed by atoms with Crippen molar-refractivity contribution in [2.45, 2.75) is 0 Å². The minimum atomic E-state index is -2.79. The van der Waals surface area contributed by atoms with Crippen molar-refractivity contribution >= 4 is 61.4 Å². The molecule has 0 unspecified atom stereocenters. The maximum Gasteiger partial charge on any atom is 0.179 e. The fourth-order valence-corrected chi connectivity index (χ4v) is 15.1. The molecule has 0 aliphatic rings. The second-order valence-corrected chi connectivity index (χ2v) is 20.8. The first-order chi connectivity index (χ1) is 32.8. The van der Waals surface area contributed by atoms with Gasteiger partial charge in [-0.1, -0.05) is 243 Å². The standard InChI is InChI=1S/C63H44N2Si/c1-6-20-45(21-7-1)46-34-39-53(40-35-46)66(51-26-12-4-13-27-51,52-28-14-5-15-29-52)54-41-36-47(37-42-54)61-55-30-16-18-32-57(55)62(58-33-19-17-31-56(58)61)49-38-43-59-60(44-49)65(50-24-10-3-11-25-50)63(64-59)48-22-8-2-9-23-48/h1-44H. The van der Waals surface area contributed by atoms with Gasteiger partial charge in [0.15, 0.2) is 8.07 Å². The lowest BCUT2D eigenvalue weighted by atomic mass is 9.86. The molecule has 0 radical (unpaired) electrons. The highest BCUT2D eigenvalue weighted by atomic mass is 28.3. The molecule has 12 aromatic rings. The predicted octanol–water partition coefficient (Wildman–Crippen LogP) is 13.4. The van der Waals surface area contributed by atoms with Crippen molar-refractivity contribution in [3.63, 3.8) is 0 Å². The summed E-state index contributed by atoms with van der Waals surface area (Å²) in [6.07, 6.45) is 0. The van der Waals surface area contributed by atoms with Crippen LogP contribution in [0, 0.1) is 0 Å². The van der Waals surface area contributed by atoms with Crippen LogP contribution >= 0.6 is 0 Å². The highest BCUT2D eigenvalue weighted by Gasteiger charge is 2.41. The Morgan fingerprint density at radius 2 is 0.652 bits per heavy atom. The van der Waals surface area contributed by atoms with Crippen LogP contribution in [0.5, 0.6) is 0 Å². The fourth-order valence-electron chi connectivity index (χ4n) is 10.4. The van der Waals surface area contributed by atoms with Gasteiger partial charge < -0.3 is 0 Å². The van der Waals surface area contributed by atoms with Crippen LogP contribution < -0.4 is 20.7 Å². The summed E-state index contributed by atoms with van der Waals surface area (Å²) in [5.74, 6) is 0.929. The van der Waals surface area contributed by atoms with Crippen molar-refractivity contribution in [1.82, 2.24) is 9.55 Å². The van der Waals surface area contributed by atoms with Crippen LogP contribution in [0.1, 0.15) is 0 Å². The Kier molecular flexibility index (Phi) is 9.89. The fraction of sp³-hybridized carbons (Fsp3) is 0. The second kappa shape index (κ2) is 16.6. The highest BCUT2D eigenvalue weighted by Crippen LogP contribution is 2.44. The number of benzene rings is 11. The minimum absolute atomic E-state index is 0.929. The zero-order chi connectivity index (χ0) is 43.9. The van der Waals surface area contributed by atoms with Crippen LogP contribution in [0.4, 0.5) is 0 Å². The summed E-state index contributed by atoms with van der Waals surface area (Å²) < 4.78 is 2.31. The average molecular weight is 857 g/mol.